The van der Waals surface area contributed by atoms with Crippen LogP contribution in [-0.4, -0.2) is 56.4 Å². The number of nitrogens with zero attached hydrogens (tertiary/aromatic N) is 2. The minimum Gasteiger partial charge on any atom is -0.461 e. The number of carbonyl (C=O) groups excluding carboxylic acids is 1. The number of carbonyl (C=O) groups is 1. The third-order valence-electron chi connectivity index (χ3n) is 2.45. The molecular formula is C12H20N2O2. The van der Waals surface area contributed by atoms with Crippen molar-refractivity contribution in [3.63, 3.8) is 0 Å². The van der Waals surface area contributed by atoms with E-state index in [0.29, 0.717) is 12.2 Å². The zero-order valence-corrected chi connectivity index (χ0v) is 10.3. The van der Waals surface area contributed by atoms with E-state index < -0.39 is 0 Å². The zero-order valence-electron chi connectivity index (χ0n) is 10.3. The maximum atomic E-state index is 11.6. The molecule has 0 aliphatic heterocycles. The highest BCUT2D eigenvalue weighted by Gasteiger charge is 2.09. The van der Waals surface area contributed by atoms with Crippen molar-refractivity contribution < 1.29 is 9.21 Å². The predicted molar refractivity (Wildman–Crippen MR) is 63.7 cm³/mol. The van der Waals surface area contributed by atoms with Gasteiger partial charge in [-0.05, 0) is 33.3 Å². The highest BCUT2D eigenvalue weighted by molar-refractivity contribution is 5.93. The topological polar surface area (TPSA) is 36.7 Å². The third kappa shape index (κ3) is 4.59. The molecule has 0 amide bonds. The smallest absolute Gasteiger partial charge is 0.199 e. The Kier molecular flexibility index (Phi) is 5.22. The third-order valence-corrected chi connectivity index (χ3v) is 2.45. The first-order chi connectivity index (χ1) is 7.59. The molecule has 4 heteroatoms. The maximum absolute atomic E-state index is 11.6. The summed E-state index contributed by atoms with van der Waals surface area (Å²) in [4.78, 5) is 15.9. The number of likely N-dealkylation sites (N-methyl/N-ethyl adjacent to an activating group) is 2. The van der Waals surface area contributed by atoms with Crippen molar-refractivity contribution in [3.05, 3.63) is 24.2 Å². The first kappa shape index (κ1) is 12.9. The molecule has 16 heavy (non-hydrogen) atoms. The highest BCUT2D eigenvalue weighted by Crippen LogP contribution is 2.04. The van der Waals surface area contributed by atoms with Crippen LogP contribution >= 0.6 is 0 Å². The van der Waals surface area contributed by atoms with Gasteiger partial charge in [-0.25, -0.2) is 0 Å². The minimum atomic E-state index is 0.0710. The van der Waals surface area contributed by atoms with Gasteiger partial charge in [-0.3, -0.25) is 4.79 Å². The Bertz CT molecular complexity index is 307. The zero-order chi connectivity index (χ0) is 12.0. The average molecular weight is 224 g/mol. The van der Waals surface area contributed by atoms with E-state index in [-0.39, 0.29) is 5.78 Å². The van der Waals surface area contributed by atoms with Crippen molar-refractivity contribution >= 4 is 5.78 Å². The van der Waals surface area contributed by atoms with Gasteiger partial charge in [0.05, 0.1) is 6.26 Å². The van der Waals surface area contributed by atoms with Crippen molar-refractivity contribution in [2.24, 2.45) is 0 Å². The van der Waals surface area contributed by atoms with Crippen LogP contribution in [0, 0.1) is 0 Å². The lowest BCUT2D eigenvalue weighted by molar-refractivity contribution is 0.0941. The molecule has 1 aromatic heterocycles. The SMILES string of the molecule is CN(C)CCN(C)CCC(=O)c1ccco1. The van der Waals surface area contributed by atoms with Gasteiger partial charge in [-0.15, -0.1) is 0 Å². The predicted octanol–water partition coefficient (Wildman–Crippen LogP) is 1.35. The quantitative estimate of drug-likeness (QED) is 0.655. The van der Waals surface area contributed by atoms with E-state index in [1.54, 1.807) is 12.1 Å². The van der Waals surface area contributed by atoms with Crippen LogP contribution in [0.1, 0.15) is 17.0 Å². The molecule has 0 saturated heterocycles. The monoisotopic (exact) mass is 224 g/mol. The van der Waals surface area contributed by atoms with E-state index >= 15 is 0 Å². The molecule has 0 aromatic carbocycles. The Morgan fingerprint density at radius 2 is 2.00 bits per heavy atom. The molecule has 1 rings (SSSR count). The fraction of sp³-hybridized carbons (Fsp3) is 0.583. The van der Waals surface area contributed by atoms with E-state index in [2.05, 4.69) is 9.80 Å². The number of rotatable bonds is 7. The second-order valence-electron chi connectivity index (χ2n) is 4.26. The highest BCUT2D eigenvalue weighted by atomic mass is 16.3. The summed E-state index contributed by atoms with van der Waals surface area (Å²) in [6.07, 6.45) is 2.04. The van der Waals surface area contributed by atoms with Crippen molar-refractivity contribution in [2.45, 2.75) is 6.42 Å². The number of hydrogen-bond donors (Lipinski definition) is 0. The Balaban J connectivity index is 2.21. The fourth-order valence-electron chi connectivity index (χ4n) is 1.34. The van der Waals surface area contributed by atoms with Crippen LogP contribution in [0.25, 0.3) is 0 Å². The van der Waals surface area contributed by atoms with E-state index in [9.17, 15) is 4.79 Å². The first-order valence-electron chi connectivity index (χ1n) is 5.49. The Labute approximate surface area is 96.8 Å². The summed E-state index contributed by atoms with van der Waals surface area (Å²) in [5, 5.41) is 0. The largest absolute Gasteiger partial charge is 0.461 e. The summed E-state index contributed by atoms with van der Waals surface area (Å²) < 4.78 is 5.05. The summed E-state index contributed by atoms with van der Waals surface area (Å²) in [5.41, 5.74) is 0. The molecular weight excluding hydrogens is 204 g/mol. The number of hydrogen-bond acceptors (Lipinski definition) is 4. The molecule has 0 bridgehead atoms. The molecule has 0 radical (unpaired) electrons. The van der Waals surface area contributed by atoms with Gasteiger partial charge in [-0.2, -0.15) is 0 Å². The van der Waals surface area contributed by atoms with E-state index in [1.807, 2.05) is 21.1 Å². The summed E-state index contributed by atoms with van der Waals surface area (Å²) in [6, 6.07) is 3.45. The van der Waals surface area contributed by atoms with Crippen LogP contribution in [0.15, 0.2) is 22.8 Å². The van der Waals surface area contributed by atoms with Crippen molar-refractivity contribution in [3.8, 4) is 0 Å². The van der Waals surface area contributed by atoms with E-state index in [4.69, 9.17) is 4.42 Å². The van der Waals surface area contributed by atoms with Gasteiger partial charge < -0.3 is 14.2 Å². The van der Waals surface area contributed by atoms with Crippen molar-refractivity contribution in [2.75, 3.05) is 40.8 Å². The lowest BCUT2D eigenvalue weighted by atomic mass is 10.2. The number of Topliss-reactive ketones (excluding diaryl/α,β-unsaturated/α-hetero) is 1. The molecule has 90 valence electrons. The van der Waals surface area contributed by atoms with Gasteiger partial charge in [-0.1, -0.05) is 0 Å². The van der Waals surface area contributed by atoms with Crippen molar-refractivity contribution in [1.82, 2.24) is 9.80 Å². The normalized spacial score (nSPS) is 11.3. The van der Waals surface area contributed by atoms with E-state index in [0.717, 1.165) is 19.6 Å². The van der Waals surface area contributed by atoms with Gasteiger partial charge in [0.15, 0.2) is 11.5 Å². The maximum Gasteiger partial charge on any atom is 0.199 e. The van der Waals surface area contributed by atoms with Crippen LogP contribution in [0.5, 0.6) is 0 Å². The Morgan fingerprint density at radius 3 is 2.56 bits per heavy atom. The van der Waals surface area contributed by atoms with Gasteiger partial charge in [0.2, 0.25) is 0 Å². The average Bonchev–Trinajstić information content (AvgIpc) is 2.76. The van der Waals surface area contributed by atoms with Gasteiger partial charge >= 0.3 is 0 Å². The molecule has 1 aromatic rings. The molecule has 0 saturated carbocycles. The van der Waals surface area contributed by atoms with Crippen LogP contribution in [0.2, 0.25) is 0 Å². The molecule has 0 unspecified atom stereocenters. The van der Waals surface area contributed by atoms with Crippen LogP contribution in [0.4, 0.5) is 0 Å². The van der Waals surface area contributed by atoms with Crippen LogP contribution in [-0.2, 0) is 0 Å². The molecule has 1 heterocycles. The summed E-state index contributed by atoms with van der Waals surface area (Å²) in [5.74, 6) is 0.530. The second kappa shape index (κ2) is 6.45. The first-order valence-corrected chi connectivity index (χ1v) is 5.49. The standard InChI is InChI=1S/C12H20N2O2/c1-13(2)8-9-14(3)7-6-11(15)12-5-4-10-16-12/h4-5,10H,6-9H2,1-3H3. The Hall–Kier alpha value is -1.13. The van der Waals surface area contributed by atoms with Crippen LogP contribution < -0.4 is 0 Å². The van der Waals surface area contributed by atoms with Gasteiger partial charge in [0, 0.05) is 26.1 Å². The number of furan rings is 1. The summed E-state index contributed by atoms with van der Waals surface area (Å²) >= 11 is 0. The van der Waals surface area contributed by atoms with Crippen molar-refractivity contribution in [1.29, 1.82) is 0 Å². The summed E-state index contributed by atoms with van der Waals surface area (Å²) in [6.45, 7) is 2.75. The Morgan fingerprint density at radius 1 is 1.25 bits per heavy atom. The molecule has 4 nitrogen and oxygen atoms in total. The van der Waals surface area contributed by atoms with Gasteiger partial charge in [0.1, 0.15) is 0 Å². The van der Waals surface area contributed by atoms with Gasteiger partial charge in [0.25, 0.3) is 0 Å². The molecule has 0 N–H and O–H groups in total. The lowest BCUT2D eigenvalue weighted by Crippen LogP contribution is -2.30. The molecule has 0 aliphatic rings. The van der Waals surface area contributed by atoms with E-state index in [1.165, 1.54) is 6.26 Å². The molecule has 0 spiro atoms. The molecule has 0 atom stereocenters. The van der Waals surface area contributed by atoms with Crippen LogP contribution in [0.3, 0.4) is 0 Å². The molecule has 0 aliphatic carbocycles. The summed E-state index contributed by atoms with van der Waals surface area (Å²) in [7, 11) is 6.11. The molecule has 0 fully saturated rings. The lowest BCUT2D eigenvalue weighted by Gasteiger charge is -2.18. The minimum absolute atomic E-state index is 0.0710. The number of ketones is 1. The second-order valence-corrected chi connectivity index (χ2v) is 4.26. The fourth-order valence-corrected chi connectivity index (χ4v) is 1.34.